The number of rotatable bonds is 7. The molecule has 172 valence electrons. The topological polar surface area (TPSA) is 150 Å². The van der Waals surface area contributed by atoms with Crippen LogP contribution in [0.25, 0.3) is 0 Å². The molecule has 0 spiro atoms. The number of nitrogens with zero attached hydrogens (tertiary/aromatic N) is 3. The number of hydrogen-bond acceptors (Lipinski definition) is 10. The summed E-state index contributed by atoms with van der Waals surface area (Å²) in [5, 5.41) is 19.6. The molecule has 2 fully saturated rings. The average molecular weight is 479 g/mol. The largest absolute Gasteiger partial charge is 0.543 e. The third-order valence-corrected chi connectivity index (χ3v) is 8.15. The van der Waals surface area contributed by atoms with E-state index in [9.17, 15) is 19.5 Å². The number of nitrogens with two attached hydrogens (primary N) is 1. The highest BCUT2D eigenvalue weighted by Crippen LogP contribution is 2.47. The van der Waals surface area contributed by atoms with Crippen LogP contribution in [0.15, 0.2) is 21.8 Å². The summed E-state index contributed by atoms with van der Waals surface area (Å²) in [6, 6.07) is -0.886. The Hall–Kier alpha value is -2.60. The zero-order valence-electron chi connectivity index (χ0n) is 17.8. The molecule has 0 radical (unpaired) electrons. The highest BCUT2D eigenvalue weighted by molar-refractivity contribution is 8.00. The van der Waals surface area contributed by atoms with Gasteiger partial charge in [-0.25, -0.2) is 4.98 Å². The van der Waals surface area contributed by atoms with Crippen molar-refractivity contribution in [2.24, 2.45) is 10.6 Å². The Morgan fingerprint density at radius 2 is 2.16 bits per heavy atom. The summed E-state index contributed by atoms with van der Waals surface area (Å²) in [5.74, 6) is -2.02. The molecule has 1 aromatic heterocycles. The first-order valence-corrected chi connectivity index (χ1v) is 12.2. The number of hydrogen-bond donors (Lipinski definition) is 2. The number of aliphatic carboxylic acids is 1. The highest BCUT2D eigenvalue weighted by atomic mass is 32.2. The van der Waals surface area contributed by atoms with Gasteiger partial charge in [0.15, 0.2) is 10.8 Å². The minimum Gasteiger partial charge on any atom is -0.543 e. The Morgan fingerprint density at radius 1 is 1.44 bits per heavy atom. The van der Waals surface area contributed by atoms with Gasteiger partial charge in [0.05, 0.1) is 11.7 Å². The van der Waals surface area contributed by atoms with Crippen LogP contribution in [0.5, 0.6) is 0 Å². The summed E-state index contributed by atoms with van der Waals surface area (Å²) < 4.78 is 0. The standard InChI is InChI=1S/C20H25N5O5S2/c1-20(5-3-4-6-20)7-10-8-31-17-13(16(27)25(17)14(10)18(28)29)23-15(26)12(24-30-2)11-9-32-19(21)22-11/h9,13,17H,3-8H2,1-2H3,(H2,21,22)(H,23,26)(H,28,29)/p-1/b24-12-. The second kappa shape index (κ2) is 8.74. The van der Waals surface area contributed by atoms with Crippen LogP contribution in [0.3, 0.4) is 0 Å². The van der Waals surface area contributed by atoms with Gasteiger partial charge in [0.25, 0.3) is 11.8 Å². The summed E-state index contributed by atoms with van der Waals surface area (Å²) in [6.45, 7) is 2.17. The molecule has 3 aliphatic rings. The van der Waals surface area contributed by atoms with Crippen molar-refractivity contribution in [3.05, 3.63) is 22.3 Å². The van der Waals surface area contributed by atoms with Crippen molar-refractivity contribution in [1.82, 2.24) is 15.2 Å². The highest BCUT2D eigenvalue weighted by Gasteiger charge is 2.53. The van der Waals surface area contributed by atoms with Crippen LogP contribution in [0.1, 0.15) is 44.7 Å². The fourth-order valence-corrected chi connectivity index (χ4v) is 6.52. The fourth-order valence-electron chi connectivity index (χ4n) is 4.63. The lowest BCUT2D eigenvalue weighted by molar-refractivity contribution is -0.301. The number of carbonyl (C=O) groups is 3. The van der Waals surface area contributed by atoms with Gasteiger partial charge >= 0.3 is 0 Å². The Bertz CT molecular complexity index is 1010. The zero-order chi connectivity index (χ0) is 23.0. The summed E-state index contributed by atoms with van der Waals surface area (Å²) >= 11 is 2.58. The van der Waals surface area contributed by atoms with E-state index in [1.807, 2.05) is 0 Å². The van der Waals surface area contributed by atoms with Crippen LogP contribution in [0.2, 0.25) is 0 Å². The van der Waals surface area contributed by atoms with Crippen LogP contribution < -0.4 is 16.2 Å². The number of carboxylic acids is 1. The van der Waals surface area contributed by atoms with Crippen molar-refractivity contribution in [2.45, 2.75) is 50.4 Å². The number of β-lactam (4-membered cyclic amide) rings is 1. The SMILES string of the molecule is CO/N=C(\C(=O)NC1C(=O)N2C(C(=O)[O-])=C(CC3(C)CCCC3)CSC12)c1csc(N)n1. The van der Waals surface area contributed by atoms with E-state index in [1.54, 1.807) is 5.38 Å². The van der Waals surface area contributed by atoms with Gasteiger partial charge in [-0.05, 0) is 30.3 Å². The van der Waals surface area contributed by atoms with E-state index in [1.165, 1.54) is 23.8 Å². The molecule has 32 heavy (non-hydrogen) atoms. The number of amides is 2. The Labute approximate surface area is 193 Å². The molecule has 4 rings (SSSR count). The normalized spacial score (nSPS) is 24.8. The van der Waals surface area contributed by atoms with Crippen molar-refractivity contribution < 1.29 is 24.3 Å². The lowest BCUT2D eigenvalue weighted by atomic mass is 9.81. The number of carboxylic acid groups (broad SMARTS) is 1. The summed E-state index contributed by atoms with van der Waals surface area (Å²) in [5.41, 5.74) is 6.48. The number of thioether (sulfide) groups is 1. The first kappa shape index (κ1) is 22.6. The molecule has 1 aromatic rings. The monoisotopic (exact) mass is 478 g/mol. The number of thiazole rings is 1. The van der Waals surface area contributed by atoms with Crippen LogP contribution in [-0.2, 0) is 19.2 Å². The number of fused-ring (bicyclic) bond motifs is 1. The van der Waals surface area contributed by atoms with Crippen LogP contribution >= 0.6 is 23.1 Å². The molecule has 0 bridgehead atoms. The van der Waals surface area contributed by atoms with Gasteiger partial charge in [0.1, 0.15) is 24.2 Å². The molecule has 12 heteroatoms. The molecular formula is C20H24N5O5S2-. The second-order valence-electron chi connectivity index (χ2n) is 8.49. The van der Waals surface area contributed by atoms with E-state index in [4.69, 9.17) is 10.6 Å². The maximum Gasteiger partial charge on any atom is 0.276 e. The van der Waals surface area contributed by atoms with E-state index >= 15 is 0 Å². The maximum absolute atomic E-state index is 12.9. The summed E-state index contributed by atoms with van der Waals surface area (Å²) in [4.78, 5) is 47.7. The molecule has 0 aromatic carbocycles. The zero-order valence-corrected chi connectivity index (χ0v) is 19.4. The molecule has 1 saturated carbocycles. The number of oxime groups is 1. The van der Waals surface area contributed by atoms with Crippen LogP contribution in [0.4, 0.5) is 5.13 Å². The quantitative estimate of drug-likeness (QED) is 0.326. The lowest BCUT2D eigenvalue weighted by Gasteiger charge is -2.51. The van der Waals surface area contributed by atoms with Crippen molar-refractivity contribution in [3.63, 3.8) is 0 Å². The molecule has 3 heterocycles. The van der Waals surface area contributed by atoms with Crippen molar-refractivity contribution in [2.75, 3.05) is 18.6 Å². The van der Waals surface area contributed by atoms with Gasteiger partial charge in [-0.15, -0.1) is 23.1 Å². The van der Waals surface area contributed by atoms with Gasteiger partial charge in [0, 0.05) is 11.1 Å². The second-order valence-corrected chi connectivity index (χ2v) is 10.5. The van der Waals surface area contributed by atoms with Crippen LogP contribution in [0, 0.1) is 5.41 Å². The predicted molar refractivity (Wildman–Crippen MR) is 118 cm³/mol. The Kier molecular flexibility index (Phi) is 6.17. The number of carbonyl (C=O) groups excluding carboxylic acids is 3. The molecule has 2 aliphatic heterocycles. The summed E-state index contributed by atoms with van der Waals surface area (Å²) in [7, 11) is 1.29. The first-order chi connectivity index (χ1) is 15.2. The molecule has 1 aliphatic carbocycles. The minimum atomic E-state index is -1.36. The van der Waals surface area contributed by atoms with Crippen molar-refractivity contribution >= 4 is 51.7 Å². The van der Waals surface area contributed by atoms with Gasteiger partial charge < -0.3 is 25.8 Å². The van der Waals surface area contributed by atoms with Gasteiger partial charge in [-0.1, -0.05) is 24.9 Å². The van der Waals surface area contributed by atoms with Gasteiger partial charge in [0.2, 0.25) is 0 Å². The molecule has 1 saturated heterocycles. The minimum absolute atomic E-state index is 0.0459. The third-order valence-electron chi connectivity index (χ3n) is 6.14. The molecule has 2 atom stereocenters. The van der Waals surface area contributed by atoms with Gasteiger partial charge in [-0.3, -0.25) is 14.5 Å². The van der Waals surface area contributed by atoms with Crippen molar-refractivity contribution in [3.8, 4) is 0 Å². The van der Waals surface area contributed by atoms with Crippen molar-refractivity contribution in [1.29, 1.82) is 0 Å². The van der Waals surface area contributed by atoms with E-state index in [0.717, 1.165) is 42.6 Å². The van der Waals surface area contributed by atoms with E-state index in [-0.39, 0.29) is 27.6 Å². The van der Waals surface area contributed by atoms with E-state index in [0.29, 0.717) is 12.2 Å². The smallest absolute Gasteiger partial charge is 0.276 e. The van der Waals surface area contributed by atoms with E-state index < -0.39 is 29.2 Å². The third kappa shape index (κ3) is 4.08. The first-order valence-electron chi connectivity index (χ1n) is 10.3. The fraction of sp³-hybridized carbons (Fsp3) is 0.550. The molecule has 2 unspecified atom stereocenters. The van der Waals surface area contributed by atoms with Gasteiger partial charge in [-0.2, -0.15) is 0 Å². The molecule has 2 amide bonds. The Balaban J connectivity index is 1.52. The molecule has 10 nitrogen and oxygen atoms in total. The predicted octanol–water partition coefficient (Wildman–Crippen LogP) is 0.450. The number of nitrogens with one attached hydrogen (secondary N) is 1. The maximum atomic E-state index is 12.9. The molecule has 3 N–H and O–H groups in total. The summed E-state index contributed by atoms with van der Waals surface area (Å²) in [6.07, 6.45) is 4.98. The van der Waals surface area contributed by atoms with Crippen LogP contribution in [-0.4, -0.2) is 57.7 Å². The average Bonchev–Trinajstić information content (AvgIpc) is 3.37. The Morgan fingerprint density at radius 3 is 2.75 bits per heavy atom. The molecular weight excluding hydrogens is 454 g/mol. The van der Waals surface area contributed by atoms with E-state index in [2.05, 4.69) is 22.4 Å². The number of nitrogen functional groups attached to an aromatic ring is 1. The number of anilines is 1. The lowest BCUT2D eigenvalue weighted by Crippen LogP contribution is -2.71. The number of aromatic nitrogens is 1.